The minimum Gasteiger partial charge on any atom is -0.485 e. The van der Waals surface area contributed by atoms with Gasteiger partial charge in [-0.3, -0.25) is 0 Å². The lowest BCUT2D eigenvalue weighted by Gasteiger charge is -2.14. The maximum Gasteiger partial charge on any atom is 0.165 e. The van der Waals surface area contributed by atoms with Crippen LogP contribution in [-0.4, -0.2) is 6.04 Å². The fourth-order valence-corrected chi connectivity index (χ4v) is 2.25. The molecule has 0 radical (unpaired) electrons. The van der Waals surface area contributed by atoms with E-state index in [1.54, 1.807) is 18.2 Å². The van der Waals surface area contributed by atoms with Crippen LogP contribution in [0.4, 0.5) is 8.78 Å². The first-order valence-electron chi connectivity index (χ1n) is 6.57. The summed E-state index contributed by atoms with van der Waals surface area (Å²) in [5.74, 6) is -0.887. The highest BCUT2D eigenvalue weighted by atomic mass is 35.5. The monoisotopic (exact) mass is 311 g/mol. The predicted octanol–water partition coefficient (Wildman–Crippen LogP) is 4.09. The Hall–Kier alpha value is -1.65. The van der Waals surface area contributed by atoms with Gasteiger partial charge >= 0.3 is 0 Å². The first-order valence-corrected chi connectivity index (χ1v) is 6.95. The normalized spacial score (nSPS) is 12.2. The van der Waals surface area contributed by atoms with Crippen molar-refractivity contribution in [2.75, 3.05) is 0 Å². The van der Waals surface area contributed by atoms with E-state index in [1.165, 1.54) is 18.2 Å². The molecule has 112 valence electrons. The van der Waals surface area contributed by atoms with Gasteiger partial charge in [0.25, 0.3) is 0 Å². The zero-order valence-corrected chi connectivity index (χ0v) is 12.3. The van der Waals surface area contributed by atoms with E-state index in [9.17, 15) is 8.78 Å². The molecule has 0 aliphatic carbocycles. The molecule has 2 N–H and O–H groups in total. The third-order valence-corrected chi connectivity index (χ3v) is 3.37. The zero-order valence-electron chi connectivity index (χ0n) is 11.6. The van der Waals surface area contributed by atoms with Gasteiger partial charge in [0.2, 0.25) is 0 Å². The van der Waals surface area contributed by atoms with Crippen LogP contribution in [0, 0.1) is 11.6 Å². The van der Waals surface area contributed by atoms with Crippen LogP contribution in [0.2, 0.25) is 5.02 Å². The Morgan fingerprint density at radius 2 is 1.81 bits per heavy atom. The highest BCUT2D eigenvalue weighted by Gasteiger charge is 2.14. The van der Waals surface area contributed by atoms with Crippen molar-refractivity contribution in [3.8, 4) is 5.75 Å². The van der Waals surface area contributed by atoms with Gasteiger partial charge in [0.1, 0.15) is 12.4 Å². The molecule has 0 amide bonds. The molecular formula is C16H16ClF2NO. The minimum atomic E-state index is -0.499. The smallest absolute Gasteiger partial charge is 0.165 e. The third-order valence-electron chi connectivity index (χ3n) is 3.01. The predicted molar refractivity (Wildman–Crippen MR) is 79.5 cm³/mol. The lowest BCUT2D eigenvalue weighted by molar-refractivity contribution is 0.281. The quantitative estimate of drug-likeness (QED) is 0.902. The second-order valence-electron chi connectivity index (χ2n) is 4.90. The van der Waals surface area contributed by atoms with Crippen molar-refractivity contribution in [1.29, 1.82) is 0 Å². The SMILES string of the molecule is CC(N)Cc1cccc(F)c1OCc1c(F)cccc1Cl. The molecule has 0 saturated carbocycles. The molecule has 0 aromatic heterocycles. The van der Waals surface area contributed by atoms with Crippen LogP contribution in [0.25, 0.3) is 0 Å². The van der Waals surface area contributed by atoms with E-state index in [4.69, 9.17) is 22.1 Å². The van der Waals surface area contributed by atoms with Crippen LogP contribution >= 0.6 is 11.6 Å². The zero-order chi connectivity index (χ0) is 15.4. The Morgan fingerprint density at radius 1 is 1.14 bits per heavy atom. The molecule has 0 aliphatic heterocycles. The molecule has 0 bridgehead atoms. The second kappa shape index (κ2) is 6.87. The van der Waals surface area contributed by atoms with Gasteiger partial charge in [-0.25, -0.2) is 8.78 Å². The van der Waals surface area contributed by atoms with Gasteiger partial charge in [-0.15, -0.1) is 0 Å². The average Bonchev–Trinajstić information content (AvgIpc) is 2.40. The van der Waals surface area contributed by atoms with Gasteiger partial charge in [-0.2, -0.15) is 0 Å². The maximum atomic E-state index is 13.9. The summed E-state index contributed by atoms with van der Waals surface area (Å²) in [5, 5.41) is 0.250. The molecule has 1 unspecified atom stereocenters. The number of ether oxygens (including phenoxy) is 1. The summed E-state index contributed by atoms with van der Waals surface area (Å²) in [6, 6.07) is 8.85. The summed E-state index contributed by atoms with van der Waals surface area (Å²) in [6.45, 7) is 1.68. The summed E-state index contributed by atoms with van der Waals surface area (Å²) in [6.07, 6.45) is 0.470. The van der Waals surface area contributed by atoms with Crippen LogP contribution in [0.3, 0.4) is 0 Å². The summed E-state index contributed by atoms with van der Waals surface area (Å²) in [4.78, 5) is 0. The Kier molecular flexibility index (Phi) is 5.15. The highest BCUT2D eigenvalue weighted by Crippen LogP contribution is 2.27. The standard InChI is InChI=1S/C16H16ClF2NO/c1-10(20)8-11-4-2-7-15(19)16(11)21-9-12-13(17)5-3-6-14(12)18/h2-7,10H,8-9,20H2,1H3. The average molecular weight is 312 g/mol. The van der Waals surface area contributed by atoms with E-state index in [-0.39, 0.29) is 29.0 Å². The van der Waals surface area contributed by atoms with Crippen molar-refractivity contribution in [2.24, 2.45) is 5.73 Å². The number of hydrogen-bond acceptors (Lipinski definition) is 2. The third kappa shape index (κ3) is 3.93. The van der Waals surface area contributed by atoms with Crippen molar-refractivity contribution >= 4 is 11.6 Å². The fraction of sp³-hybridized carbons (Fsp3) is 0.250. The van der Waals surface area contributed by atoms with E-state index in [1.807, 2.05) is 6.92 Å². The Morgan fingerprint density at radius 3 is 2.48 bits per heavy atom. The molecule has 1 atom stereocenters. The number of para-hydroxylation sites is 1. The molecule has 2 rings (SSSR count). The highest BCUT2D eigenvalue weighted by molar-refractivity contribution is 6.31. The van der Waals surface area contributed by atoms with Crippen molar-refractivity contribution in [1.82, 2.24) is 0 Å². The summed E-state index contributed by atoms with van der Waals surface area (Å²) in [7, 11) is 0. The first kappa shape index (κ1) is 15.7. The molecule has 0 fully saturated rings. The number of halogens is 3. The Labute approximate surface area is 127 Å². The molecule has 2 nitrogen and oxygen atoms in total. The lowest BCUT2D eigenvalue weighted by atomic mass is 10.1. The topological polar surface area (TPSA) is 35.2 Å². The molecule has 2 aromatic carbocycles. The van der Waals surface area contributed by atoms with E-state index in [0.717, 1.165) is 0 Å². The van der Waals surface area contributed by atoms with Crippen molar-refractivity contribution in [3.05, 3.63) is 64.2 Å². The van der Waals surface area contributed by atoms with Gasteiger partial charge in [-0.1, -0.05) is 29.8 Å². The first-order chi connectivity index (χ1) is 9.99. The number of hydrogen-bond donors (Lipinski definition) is 1. The number of rotatable bonds is 5. The van der Waals surface area contributed by atoms with Gasteiger partial charge in [-0.05, 0) is 37.1 Å². The van der Waals surface area contributed by atoms with Crippen LogP contribution in [0.1, 0.15) is 18.1 Å². The van der Waals surface area contributed by atoms with Gasteiger partial charge in [0.05, 0.1) is 5.02 Å². The molecule has 2 aromatic rings. The van der Waals surface area contributed by atoms with Gasteiger partial charge < -0.3 is 10.5 Å². The van der Waals surface area contributed by atoms with Crippen molar-refractivity contribution in [2.45, 2.75) is 26.0 Å². The second-order valence-corrected chi connectivity index (χ2v) is 5.31. The van der Waals surface area contributed by atoms with Gasteiger partial charge in [0.15, 0.2) is 11.6 Å². The molecule has 5 heteroatoms. The van der Waals surface area contributed by atoms with Crippen LogP contribution < -0.4 is 10.5 Å². The number of nitrogens with two attached hydrogens (primary N) is 1. The summed E-state index contributed by atoms with van der Waals surface area (Å²) >= 11 is 5.93. The van der Waals surface area contributed by atoms with E-state index in [0.29, 0.717) is 12.0 Å². The fourth-order valence-electron chi connectivity index (χ4n) is 2.04. The molecule has 0 aliphatic rings. The van der Waals surface area contributed by atoms with Crippen LogP contribution in [-0.2, 0) is 13.0 Å². The molecule has 21 heavy (non-hydrogen) atoms. The van der Waals surface area contributed by atoms with Gasteiger partial charge in [0, 0.05) is 11.6 Å². The summed E-state index contributed by atoms with van der Waals surface area (Å²) in [5.41, 5.74) is 6.59. The Balaban J connectivity index is 2.24. The molecule has 0 spiro atoms. The van der Waals surface area contributed by atoms with Crippen LogP contribution in [0.15, 0.2) is 36.4 Å². The Bertz CT molecular complexity index is 611. The van der Waals surface area contributed by atoms with Crippen LogP contribution in [0.5, 0.6) is 5.75 Å². The number of benzene rings is 2. The van der Waals surface area contributed by atoms with E-state index < -0.39 is 11.6 Å². The van der Waals surface area contributed by atoms with Crippen molar-refractivity contribution in [3.63, 3.8) is 0 Å². The summed E-state index contributed by atoms with van der Waals surface area (Å²) < 4.78 is 33.1. The minimum absolute atomic E-state index is 0.0918. The maximum absolute atomic E-state index is 13.9. The lowest BCUT2D eigenvalue weighted by Crippen LogP contribution is -2.18. The van der Waals surface area contributed by atoms with E-state index >= 15 is 0 Å². The van der Waals surface area contributed by atoms with E-state index in [2.05, 4.69) is 0 Å². The largest absolute Gasteiger partial charge is 0.485 e. The molecule has 0 saturated heterocycles. The molecule has 0 heterocycles. The molecular weight excluding hydrogens is 296 g/mol. The van der Waals surface area contributed by atoms with Crippen molar-refractivity contribution < 1.29 is 13.5 Å².